The zero-order valence-corrected chi connectivity index (χ0v) is 17.8. The first kappa shape index (κ1) is 21.5. The summed E-state index contributed by atoms with van der Waals surface area (Å²) in [5.74, 6) is 0.335. The molecule has 0 radical (unpaired) electrons. The van der Waals surface area contributed by atoms with Crippen LogP contribution in [-0.4, -0.2) is 47.1 Å². The van der Waals surface area contributed by atoms with Crippen molar-refractivity contribution in [1.29, 1.82) is 0 Å². The molecule has 0 spiro atoms. The molecular formula is C20H24ClN3O4S. The molecule has 0 unspecified atom stereocenters. The van der Waals surface area contributed by atoms with Crippen molar-refractivity contribution >= 4 is 34.0 Å². The highest BCUT2D eigenvalue weighted by Crippen LogP contribution is 2.27. The second-order valence-electron chi connectivity index (χ2n) is 7.09. The van der Waals surface area contributed by atoms with Crippen molar-refractivity contribution in [2.24, 2.45) is 5.92 Å². The Morgan fingerprint density at radius 1 is 1.31 bits per heavy atom. The van der Waals surface area contributed by atoms with Gasteiger partial charge in [-0.05, 0) is 43.0 Å². The lowest BCUT2D eigenvalue weighted by Gasteiger charge is -2.25. The molecule has 0 saturated carbocycles. The van der Waals surface area contributed by atoms with Crippen molar-refractivity contribution in [3.8, 4) is 0 Å². The smallest absolute Gasteiger partial charge is 0.409 e. The number of benzene rings is 1. The maximum Gasteiger partial charge on any atom is 0.409 e. The normalized spacial score (nSPS) is 16.4. The number of likely N-dealkylation sites (tertiary alicyclic amines) is 1. The van der Waals surface area contributed by atoms with E-state index in [1.807, 2.05) is 30.3 Å². The lowest BCUT2D eigenvalue weighted by atomic mass is 10.1. The summed E-state index contributed by atoms with van der Waals surface area (Å²) in [5.41, 5.74) is 1.13. The average molecular weight is 438 g/mol. The predicted molar refractivity (Wildman–Crippen MR) is 113 cm³/mol. The van der Waals surface area contributed by atoms with Crippen LogP contribution in [0.2, 0.25) is 5.02 Å². The number of carbonyl (C=O) groups is 1. The van der Waals surface area contributed by atoms with Gasteiger partial charge in [0.25, 0.3) is 0 Å². The molecular weight excluding hydrogens is 414 g/mol. The van der Waals surface area contributed by atoms with Gasteiger partial charge in [0.1, 0.15) is 0 Å². The minimum absolute atomic E-state index is 0.154. The summed E-state index contributed by atoms with van der Waals surface area (Å²) < 4.78 is 5.11. The minimum atomic E-state index is -0.355. The minimum Gasteiger partial charge on any atom is -0.450 e. The summed E-state index contributed by atoms with van der Waals surface area (Å²) in [4.78, 5) is 27.6. The van der Waals surface area contributed by atoms with Crippen molar-refractivity contribution in [3.05, 3.63) is 62.0 Å². The third-order valence-electron chi connectivity index (χ3n) is 4.85. The molecule has 1 saturated heterocycles. The summed E-state index contributed by atoms with van der Waals surface area (Å²) in [6.07, 6.45) is 0.661. The van der Waals surface area contributed by atoms with E-state index in [1.165, 1.54) is 11.3 Å². The number of hydrogen-bond acceptors (Lipinski definition) is 6. The van der Waals surface area contributed by atoms with Gasteiger partial charge in [0, 0.05) is 48.7 Å². The van der Waals surface area contributed by atoms with Crippen LogP contribution in [0.4, 0.5) is 9.80 Å². The molecule has 1 aliphatic rings. The zero-order chi connectivity index (χ0) is 20.8. The van der Waals surface area contributed by atoms with Crippen molar-refractivity contribution < 1.29 is 14.5 Å². The molecule has 3 rings (SSSR count). The second-order valence-corrected chi connectivity index (χ2v) is 8.68. The number of hydrogen-bond donors (Lipinski definition) is 0. The van der Waals surface area contributed by atoms with Crippen LogP contribution in [0.5, 0.6) is 0 Å². The van der Waals surface area contributed by atoms with E-state index in [4.69, 9.17) is 16.3 Å². The second kappa shape index (κ2) is 10.0. The average Bonchev–Trinajstić information content (AvgIpc) is 3.34. The van der Waals surface area contributed by atoms with E-state index < -0.39 is 0 Å². The van der Waals surface area contributed by atoms with E-state index in [2.05, 4.69) is 4.90 Å². The molecule has 1 atom stereocenters. The first-order valence-electron chi connectivity index (χ1n) is 9.56. The van der Waals surface area contributed by atoms with Crippen molar-refractivity contribution in [1.82, 2.24) is 9.80 Å². The van der Waals surface area contributed by atoms with Crippen LogP contribution in [0.15, 0.2) is 36.4 Å². The summed E-state index contributed by atoms with van der Waals surface area (Å²) in [6.45, 7) is 5.67. The number of carbonyl (C=O) groups excluding carboxylic acids is 1. The first-order chi connectivity index (χ1) is 13.9. The molecule has 7 nitrogen and oxygen atoms in total. The Kier molecular flexibility index (Phi) is 7.46. The number of halogens is 1. The van der Waals surface area contributed by atoms with Gasteiger partial charge in [0.05, 0.1) is 11.5 Å². The molecule has 0 aliphatic carbocycles. The highest BCUT2D eigenvalue weighted by atomic mass is 35.5. The quantitative estimate of drug-likeness (QED) is 0.438. The highest BCUT2D eigenvalue weighted by Gasteiger charge is 2.28. The van der Waals surface area contributed by atoms with Gasteiger partial charge in [0.15, 0.2) is 0 Å². The number of amides is 1. The Balaban J connectivity index is 1.67. The van der Waals surface area contributed by atoms with Crippen LogP contribution < -0.4 is 0 Å². The maximum absolute atomic E-state index is 12.0. The molecule has 0 N–H and O–H groups in total. The molecule has 1 fully saturated rings. The van der Waals surface area contributed by atoms with E-state index in [-0.39, 0.29) is 16.0 Å². The van der Waals surface area contributed by atoms with Crippen molar-refractivity contribution in [2.45, 2.75) is 26.4 Å². The zero-order valence-electron chi connectivity index (χ0n) is 16.3. The van der Waals surface area contributed by atoms with E-state index in [9.17, 15) is 14.9 Å². The molecule has 9 heteroatoms. The number of ether oxygens (including phenoxy) is 1. The van der Waals surface area contributed by atoms with E-state index in [0.29, 0.717) is 43.7 Å². The molecule has 2 heterocycles. The molecule has 0 bridgehead atoms. The van der Waals surface area contributed by atoms with Gasteiger partial charge in [-0.1, -0.05) is 35.1 Å². The topological polar surface area (TPSA) is 75.9 Å². The van der Waals surface area contributed by atoms with Crippen LogP contribution in [0.1, 0.15) is 23.8 Å². The number of rotatable bonds is 8. The van der Waals surface area contributed by atoms with Crippen LogP contribution >= 0.6 is 22.9 Å². The molecule has 1 aliphatic heterocycles. The van der Waals surface area contributed by atoms with Crippen LogP contribution in [0.3, 0.4) is 0 Å². The Morgan fingerprint density at radius 2 is 2.07 bits per heavy atom. The summed E-state index contributed by atoms with van der Waals surface area (Å²) in [5, 5.41) is 11.8. The Morgan fingerprint density at radius 3 is 2.72 bits per heavy atom. The van der Waals surface area contributed by atoms with Crippen molar-refractivity contribution in [2.75, 3.05) is 26.2 Å². The number of nitrogens with zero attached hydrogens (tertiary/aromatic N) is 3. The fourth-order valence-corrected chi connectivity index (χ4v) is 4.52. The van der Waals surface area contributed by atoms with Gasteiger partial charge in [0.2, 0.25) is 0 Å². The Bertz CT molecular complexity index is 843. The van der Waals surface area contributed by atoms with Crippen LogP contribution in [0, 0.1) is 16.0 Å². The van der Waals surface area contributed by atoms with Crippen LogP contribution in [0.25, 0.3) is 0 Å². The summed E-state index contributed by atoms with van der Waals surface area (Å²) in [7, 11) is 0. The fraction of sp³-hybridized carbons (Fsp3) is 0.450. The summed E-state index contributed by atoms with van der Waals surface area (Å²) in [6, 6.07) is 11.1. The lowest BCUT2D eigenvalue weighted by Crippen LogP contribution is -2.33. The van der Waals surface area contributed by atoms with Gasteiger partial charge in [-0.15, -0.1) is 0 Å². The standard InChI is InChI=1S/C20H24ClN3O4S/c1-2-28-20(25)23-10-9-16(13-23)12-22(11-15-3-5-17(21)6-4-15)14-18-7-8-19(29-18)24(26)27/h3-8,16H,2,9-14H2,1H3/t16-/m0/s1. The van der Waals surface area contributed by atoms with Crippen LogP contribution in [-0.2, 0) is 17.8 Å². The molecule has 29 heavy (non-hydrogen) atoms. The van der Waals surface area contributed by atoms with Gasteiger partial charge < -0.3 is 9.64 Å². The fourth-order valence-electron chi connectivity index (χ4n) is 3.53. The Labute approximate surface area is 179 Å². The van der Waals surface area contributed by atoms with E-state index in [0.717, 1.165) is 23.4 Å². The van der Waals surface area contributed by atoms with Gasteiger partial charge >= 0.3 is 11.1 Å². The largest absolute Gasteiger partial charge is 0.450 e. The third-order valence-corrected chi connectivity index (χ3v) is 6.13. The molecule has 1 aromatic heterocycles. The molecule has 156 valence electrons. The van der Waals surface area contributed by atoms with Crippen molar-refractivity contribution in [3.63, 3.8) is 0 Å². The lowest BCUT2D eigenvalue weighted by molar-refractivity contribution is -0.380. The van der Waals surface area contributed by atoms with Gasteiger partial charge in [-0.2, -0.15) is 0 Å². The van der Waals surface area contributed by atoms with Gasteiger partial charge in [-0.25, -0.2) is 4.79 Å². The molecule has 1 aromatic carbocycles. The number of nitro groups is 1. The Hall–Kier alpha value is -2.16. The van der Waals surface area contributed by atoms with Gasteiger partial charge in [-0.3, -0.25) is 15.0 Å². The maximum atomic E-state index is 12.0. The first-order valence-corrected chi connectivity index (χ1v) is 10.8. The summed E-state index contributed by atoms with van der Waals surface area (Å²) >= 11 is 7.20. The molecule has 2 aromatic rings. The SMILES string of the molecule is CCOC(=O)N1CC[C@@H](CN(Cc2ccc(Cl)cc2)Cc2ccc([N+](=O)[O-])s2)C1. The monoisotopic (exact) mass is 437 g/mol. The molecule has 1 amide bonds. The number of thiophene rings is 1. The predicted octanol–water partition coefficient (Wildman–Crippen LogP) is 4.79. The van der Waals surface area contributed by atoms with E-state index in [1.54, 1.807) is 17.9 Å². The van der Waals surface area contributed by atoms with E-state index >= 15 is 0 Å². The highest BCUT2D eigenvalue weighted by molar-refractivity contribution is 7.15. The third kappa shape index (κ3) is 6.16.